The van der Waals surface area contributed by atoms with E-state index in [1.54, 1.807) is 0 Å². The Kier molecular flexibility index (Phi) is 9.08. The van der Waals surface area contributed by atoms with Gasteiger partial charge in [0.25, 0.3) is 0 Å². The van der Waals surface area contributed by atoms with Crippen molar-refractivity contribution in [2.24, 2.45) is 17.8 Å². The molecule has 1 aliphatic carbocycles. The molecular weight excluding hydrogens is 384 g/mol. The van der Waals surface area contributed by atoms with E-state index in [-0.39, 0.29) is 0 Å². The van der Waals surface area contributed by atoms with Crippen molar-refractivity contribution in [1.29, 1.82) is 5.26 Å². The summed E-state index contributed by atoms with van der Waals surface area (Å²) in [6.07, 6.45) is 13.9. The summed E-state index contributed by atoms with van der Waals surface area (Å²) < 4.78 is 39.1. The van der Waals surface area contributed by atoms with Crippen LogP contribution in [0.25, 0.3) is 0 Å². The predicted molar refractivity (Wildman–Crippen MR) is 113 cm³/mol. The van der Waals surface area contributed by atoms with E-state index in [4.69, 9.17) is 14.7 Å². The van der Waals surface area contributed by atoms with Gasteiger partial charge in [-0.25, -0.2) is 8.78 Å². The number of ether oxygens (including phenoxy) is 2. The van der Waals surface area contributed by atoms with Crippen molar-refractivity contribution in [3.63, 3.8) is 0 Å². The Morgan fingerprint density at radius 1 is 0.867 bits per heavy atom. The zero-order chi connectivity index (χ0) is 21.3. The summed E-state index contributed by atoms with van der Waals surface area (Å²) in [4.78, 5) is 0. The molecule has 0 spiro atoms. The molecule has 0 unspecified atom stereocenters. The number of nitriles is 1. The molecule has 30 heavy (non-hydrogen) atoms. The Labute approximate surface area is 179 Å². The van der Waals surface area contributed by atoms with Crippen LogP contribution in [-0.2, 0) is 9.47 Å². The lowest BCUT2D eigenvalue weighted by molar-refractivity contribution is -0.206. The third-order valence-electron chi connectivity index (χ3n) is 6.83. The molecule has 0 atom stereocenters. The number of benzene rings is 1. The number of rotatable bonds is 9. The van der Waals surface area contributed by atoms with E-state index in [0.717, 1.165) is 30.4 Å². The van der Waals surface area contributed by atoms with Crippen LogP contribution in [0.3, 0.4) is 0 Å². The summed E-state index contributed by atoms with van der Waals surface area (Å²) in [6, 6.07) is 3.80. The highest BCUT2D eigenvalue weighted by Gasteiger charge is 2.27. The first-order valence-electron chi connectivity index (χ1n) is 11.7. The van der Waals surface area contributed by atoms with Crippen LogP contribution in [0.4, 0.5) is 8.78 Å². The lowest BCUT2D eigenvalue weighted by Crippen LogP contribution is -2.28. The van der Waals surface area contributed by atoms with Crippen LogP contribution in [0.5, 0.6) is 0 Å². The Balaban J connectivity index is 1.35. The Hall–Kier alpha value is -1.51. The first-order chi connectivity index (χ1) is 14.6. The van der Waals surface area contributed by atoms with Crippen LogP contribution in [0.15, 0.2) is 12.1 Å². The van der Waals surface area contributed by atoms with Gasteiger partial charge in [0.2, 0.25) is 0 Å². The van der Waals surface area contributed by atoms with Crippen LogP contribution >= 0.6 is 0 Å². The van der Waals surface area contributed by atoms with Crippen LogP contribution in [-0.4, -0.2) is 13.2 Å². The van der Waals surface area contributed by atoms with Crippen molar-refractivity contribution in [2.45, 2.75) is 83.8 Å². The minimum absolute atomic E-state index is 0.291. The van der Waals surface area contributed by atoms with Gasteiger partial charge in [0.15, 0.2) is 6.29 Å². The maximum absolute atomic E-state index is 13.8. The highest BCUT2D eigenvalue weighted by Crippen LogP contribution is 2.36. The lowest BCUT2D eigenvalue weighted by atomic mass is 9.77. The molecule has 0 radical (unpaired) electrons. The average molecular weight is 420 g/mol. The van der Waals surface area contributed by atoms with Gasteiger partial charge in [-0.2, -0.15) is 5.26 Å². The van der Waals surface area contributed by atoms with Gasteiger partial charge in [-0.15, -0.1) is 0 Å². The molecule has 1 aromatic rings. The summed E-state index contributed by atoms with van der Waals surface area (Å²) in [5, 5.41) is 8.78. The second-order valence-electron chi connectivity index (χ2n) is 9.15. The topological polar surface area (TPSA) is 42.2 Å². The minimum Gasteiger partial charge on any atom is -0.348 e. The zero-order valence-corrected chi connectivity index (χ0v) is 18.2. The molecule has 166 valence electrons. The fraction of sp³-hybridized carbons (Fsp3) is 0.720. The molecule has 1 saturated heterocycles. The van der Waals surface area contributed by atoms with Crippen molar-refractivity contribution in [3.8, 4) is 6.07 Å². The molecular formula is C25H35F2NO2. The van der Waals surface area contributed by atoms with Crippen molar-refractivity contribution >= 4 is 0 Å². The summed E-state index contributed by atoms with van der Waals surface area (Å²) in [7, 11) is 0. The largest absolute Gasteiger partial charge is 0.348 e. The van der Waals surface area contributed by atoms with Crippen molar-refractivity contribution in [1.82, 2.24) is 0 Å². The van der Waals surface area contributed by atoms with Crippen LogP contribution in [0, 0.1) is 40.7 Å². The van der Waals surface area contributed by atoms with E-state index < -0.39 is 23.5 Å². The summed E-state index contributed by atoms with van der Waals surface area (Å²) in [5.41, 5.74) is -0.275. The van der Waals surface area contributed by atoms with E-state index >= 15 is 0 Å². The van der Waals surface area contributed by atoms with E-state index in [9.17, 15) is 8.78 Å². The third kappa shape index (κ3) is 6.49. The second-order valence-corrected chi connectivity index (χ2v) is 9.15. The van der Waals surface area contributed by atoms with Gasteiger partial charge in [0.05, 0.1) is 13.2 Å². The number of unbranched alkanes of at least 4 members (excludes halogenated alkanes) is 3. The van der Waals surface area contributed by atoms with Gasteiger partial charge < -0.3 is 9.47 Å². The molecule has 0 aromatic heterocycles. The number of hydrogen-bond acceptors (Lipinski definition) is 3. The summed E-state index contributed by atoms with van der Waals surface area (Å²) in [5.74, 6) is 0.344. The van der Waals surface area contributed by atoms with Gasteiger partial charge in [-0.3, -0.25) is 0 Å². The molecule has 2 fully saturated rings. The molecule has 2 aliphatic rings. The van der Waals surface area contributed by atoms with Gasteiger partial charge >= 0.3 is 0 Å². The second kappa shape index (κ2) is 11.8. The standard InChI is InChI=1S/C25H35F2NO2/c1-2-3-4-5-6-18-7-9-19(10-8-18)11-12-20-16-29-25(30-17-20)21-13-23(26)22(15-28)24(27)14-21/h13-14,18-20,25H,2-12,16-17H2,1H3. The number of nitrogens with zero attached hydrogens (tertiary/aromatic N) is 1. The van der Waals surface area contributed by atoms with E-state index in [1.165, 1.54) is 70.3 Å². The molecule has 1 aromatic carbocycles. The van der Waals surface area contributed by atoms with E-state index in [0.29, 0.717) is 24.7 Å². The Bertz CT molecular complexity index is 679. The highest BCUT2D eigenvalue weighted by molar-refractivity contribution is 5.35. The molecule has 0 amide bonds. The van der Waals surface area contributed by atoms with Crippen LogP contribution in [0.2, 0.25) is 0 Å². The predicted octanol–water partition coefficient (Wildman–Crippen LogP) is 7.06. The SMILES string of the molecule is CCCCCCC1CCC(CCC2COC(c3cc(F)c(C#N)c(F)c3)OC2)CC1. The summed E-state index contributed by atoms with van der Waals surface area (Å²) >= 11 is 0. The van der Waals surface area contributed by atoms with Gasteiger partial charge in [0, 0.05) is 11.5 Å². The van der Waals surface area contributed by atoms with Gasteiger partial charge in [-0.05, 0) is 30.4 Å². The van der Waals surface area contributed by atoms with Crippen molar-refractivity contribution < 1.29 is 18.3 Å². The quantitative estimate of drug-likeness (QED) is 0.403. The Morgan fingerprint density at radius 2 is 1.43 bits per heavy atom. The Morgan fingerprint density at radius 3 is 2.00 bits per heavy atom. The molecule has 1 saturated carbocycles. The van der Waals surface area contributed by atoms with Gasteiger partial charge in [0.1, 0.15) is 23.3 Å². The summed E-state index contributed by atoms with van der Waals surface area (Å²) in [6.45, 7) is 3.35. The van der Waals surface area contributed by atoms with Crippen molar-refractivity contribution in [2.75, 3.05) is 13.2 Å². The molecule has 3 nitrogen and oxygen atoms in total. The first-order valence-corrected chi connectivity index (χ1v) is 11.7. The van der Waals surface area contributed by atoms with Crippen LogP contribution < -0.4 is 0 Å². The van der Waals surface area contributed by atoms with Gasteiger partial charge in [-0.1, -0.05) is 71.1 Å². The number of halogens is 2. The molecule has 0 N–H and O–H groups in total. The average Bonchev–Trinajstić information content (AvgIpc) is 2.76. The molecule has 3 rings (SSSR count). The zero-order valence-electron chi connectivity index (χ0n) is 18.2. The maximum Gasteiger partial charge on any atom is 0.184 e. The minimum atomic E-state index is -0.872. The fourth-order valence-electron chi connectivity index (χ4n) is 4.88. The molecule has 1 aliphatic heterocycles. The highest BCUT2D eigenvalue weighted by atomic mass is 19.1. The normalized spacial score (nSPS) is 27.0. The lowest BCUT2D eigenvalue weighted by Gasteiger charge is -2.32. The number of hydrogen-bond donors (Lipinski definition) is 0. The van der Waals surface area contributed by atoms with Crippen molar-refractivity contribution in [3.05, 3.63) is 34.9 Å². The molecule has 0 bridgehead atoms. The third-order valence-corrected chi connectivity index (χ3v) is 6.83. The smallest absolute Gasteiger partial charge is 0.184 e. The van der Waals surface area contributed by atoms with Crippen LogP contribution in [0.1, 0.15) is 95.0 Å². The van der Waals surface area contributed by atoms with E-state index in [1.807, 2.05) is 0 Å². The van der Waals surface area contributed by atoms with E-state index in [2.05, 4.69) is 6.92 Å². The fourth-order valence-corrected chi connectivity index (χ4v) is 4.88. The maximum atomic E-state index is 13.8. The first kappa shape index (κ1) is 23.2. The molecule has 5 heteroatoms. The molecule has 1 heterocycles. The monoisotopic (exact) mass is 419 g/mol.